The summed E-state index contributed by atoms with van der Waals surface area (Å²) in [5.41, 5.74) is 0.239. The number of rotatable bonds is 6. The molecule has 1 N–H and O–H groups in total. The highest BCUT2D eigenvalue weighted by Crippen LogP contribution is 2.42. The number of anilines is 2. The van der Waals surface area contributed by atoms with Crippen molar-refractivity contribution in [3.8, 4) is 21.8 Å². The zero-order valence-corrected chi connectivity index (χ0v) is 21.5. The van der Waals surface area contributed by atoms with E-state index in [4.69, 9.17) is 16.6 Å². The van der Waals surface area contributed by atoms with Crippen LogP contribution in [0.5, 0.6) is 0 Å². The second-order valence-corrected chi connectivity index (χ2v) is 11.2. The largest absolute Gasteiger partial charge is 0.348 e. The molecule has 2 aromatic carbocycles. The quantitative estimate of drug-likeness (QED) is 0.283. The second kappa shape index (κ2) is 10.3. The van der Waals surface area contributed by atoms with Crippen LogP contribution in [-0.4, -0.2) is 36.5 Å². The summed E-state index contributed by atoms with van der Waals surface area (Å²) in [6.07, 6.45) is 4.60. The molecule has 0 spiro atoms. The number of hydrogen-bond acceptors (Lipinski definition) is 7. The minimum absolute atomic E-state index is 0.00385. The third-order valence-corrected chi connectivity index (χ3v) is 8.48. The van der Waals surface area contributed by atoms with Crippen molar-refractivity contribution in [1.29, 1.82) is 0 Å². The summed E-state index contributed by atoms with van der Waals surface area (Å²) in [7, 11) is -4.64. The lowest BCUT2D eigenvalue weighted by Crippen LogP contribution is -2.29. The van der Waals surface area contributed by atoms with Gasteiger partial charge in [0.1, 0.15) is 16.5 Å². The van der Waals surface area contributed by atoms with Gasteiger partial charge in [0.05, 0.1) is 22.0 Å². The van der Waals surface area contributed by atoms with Gasteiger partial charge in [-0.2, -0.15) is 0 Å². The van der Waals surface area contributed by atoms with Gasteiger partial charge in [0.25, 0.3) is 10.0 Å². The van der Waals surface area contributed by atoms with Crippen LogP contribution in [-0.2, 0) is 10.0 Å². The highest BCUT2D eigenvalue weighted by molar-refractivity contribution is 7.92. The van der Waals surface area contributed by atoms with Gasteiger partial charge in [-0.15, -0.1) is 0 Å². The van der Waals surface area contributed by atoms with E-state index in [1.54, 1.807) is 6.07 Å². The Labute approximate surface area is 220 Å². The number of thiazole rings is 1. The lowest BCUT2D eigenvalue weighted by atomic mass is 10.1. The van der Waals surface area contributed by atoms with Gasteiger partial charge < -0.3 is 4.90 Å². The summed E-state index contributed by atoms with van der Waals surface area (Å²) in [5.74, 6) is -3.05. The fraction of sp³-hybridized carbons (Fsp3) is 0.208. The van der Waals surface area contributed by atoms with Gasteiger partial charge in [0.15, 0.2) is 10.9 Å². The lowest BCUT2D eigenvalue weighted by molar-refractivity contribution is 0.555. The SMILES string of the molecule is O=S(=O)(Nc1cccc(-c2nc(N3CCCCC3)sc2-c2ccnc(Cl)n2)c1F)c1cc(F)ccc1F. The van der Waals surface area contributed by atoms with Crippen LogP contribution >= 0.6 is 22.9 Å². The zero-order valence-electron chi connectivity index (χ0n) is 19.1. The highest BCUT2D eigenvalue weighted by Gasteiger charge is 2.26. The topological polar surface area (TPSA) is 88.1 Å². The maximum absolute atomic E-state index is 15.8. The number of benzene rings is 2. The molecule has 2 aromatic heterocycles. The summed E-state index contributed by atoms with van der Waals surface area (Å²) < 4.78 is 71.1. The van der Waals surface area contributed by atoms with Crippen LogP contribution in [0.15, 0.2) is 53.6 Å². The van der Waals surface area contributed by atoms with E-state index < -0.39 is 38.1 Å². The van der Waals surface area contributed by atoms with E-state index in [2.05, 4.69) is 14.9 Å². The van der Waals surface area contributed by atoms with E-state index in [1.165, 1.54) is 35.7 Å². The van der Waals surface area contributed by atoms with E-state index >= 15 is 4.39 Å². The summed E-state index contributed by atoms with van der Waals surface area (Å²) in [5, 5.41) is 0.683. The first-order valence-electron chi connectivity index (χ1n) is 11.2. The Morgan fingerprint density at radius 3 is 2.54 bits per heavy atom. The minimum atomic E-state index is -4.64. The molecule has 7 nitrogen and oxygen atoms in total. The first-order chi connectivity index (χ1) is 17.7. The minimum Gasteiger partial charge on any atom is -0.348 e. The normalized spacial score (nSPS) is 14.1. The molecular formula is C24H19ClF3N5O2S2. The number of piperidine rings is 1. The van der Waals surface area contributed by atoms with Crippen molar-refractivity contribution in [3.05, 3.63) is 71.4 Å². The molecule has 0 atom stereocenters. The molecule has 0 radical (unpaired) electrons. The van der Waals surface area contributed by atoms with Crippen molar-refractivity contribution in [2.24, 2.45) is 0 Å². The van der Waals surface area contributed by atoms with Crippen molar-refractivity contribution < 1.29 is 21.6 Å². The molecule has 0 unspecified atom stereocenters. The molecule has 1 fully saturated rings. The molecule has 1 saturated heterocycles. The van der Waals surface area contributed by atoms with Crippen LogP contribution < -0.4 is 9.62 Å². The Kier molecular flexibility index (Phi) is 7.06. The number of sulfonamides is 1. The van der Waals surface area contributed by atoms with Crippen molar-refractivity contribution in [3.63, 3.8) is 0 Å². The maximum Gasteiger partial charge on any atom is 0.265 e. The molecule has 0 bridgehead atoms. The number of nitrogens with zero attached hydrogens (tertiary/aromatic N) is 4. The molecule has 13 heteroatoms. The number of nitrogens with one attached hydrogen (secondary N) is 1. The van der Waals surface area contributed by atoms with Crippen LogP contribution in [0.25, 0.3) is 21.8 Å². The first kappa shape index (κ1) is 25.4. The van der Waals surface area contributed by atoms with Crippen LogP contribution in [0.1, 0.15) is 19.3 Å². The van der Waals surface area contributed by atoms with Crippen molar-refractivity contribution >= 4 is 43.8 Å². The molecule has 1 aliphatic rings. The van der Waals surface area contributed by atoms with Crippen LogP contribution in [0.2, 0.25) is 5.28 Å². The molecule has 5 rings (SSSR count). The number of aromatic nitrogens is 3. The van der Waals surface area contributed by atoms with Crippen molar-refractivity contribution in [1.82, 2.24) is 15.0 Å². The Balaban J connectivity index is 1.59. The third-order valence-electron chi connectivity index (χ3n) is 5.78. The Morgan fingerprint density at radius 1 is 1.00 bits per heavy atom. The number of hydrogen-bond donors (Lipinski definition) is 1. The number of halogens is 4. The fourth-order valence-corrected chi connectivity index (χ4v) is 6.42. The Bertz CT molecular complexity index is 1580. The highest BCUT2D eigenvalue weighted by atomic mass is 35.5. The summed E-state index contributed by atoms with van der Waals surface area (Å²) in [6.45, 7) is 1.61. The first-order valence-corrected chi connectivity index (χ1v) is 13.9. The molecule has 37 heavy (non-hydrogen) atoms. The third kappa shape index (κ3) is 5.27. The van der Waals surface area contributed by atoms with Gasteiger partial charge in [0.2, 0.25) is 5.28 Å². The van der Waals surface area contributed by atoms with E-state index in [0.29, 0.717) is 27.8 Å². The van der Waals surface area contributed by atoms with Gasteiger partial charge in [0, 0.05) is 24.8 Å². The zero-order chi connectivity index (χ0) is 26.2. The lowest BCUT2D eigenvalue weighted by Gasteiger charge is -2.25. The summed E-state index contributed by atoms with van der Waals surface area (Å²) in [4.78, 5) is 14.6. The van der Waals surface area contributed by atoms with Crippen LogP contribution in [0.4, 0.5) is 24.0 Å². The van der Waals surface area contributed by atoms with Gasteiger partial charge in [-0.1, -0.05) is 17.4 Å². The van der Waals surface area contributed by atoms with E-state index in [-0.39, 0.29) is 16.5 Å². The molecule has 0 amide bonds. The average molecular weight is 566 g/mol. The standard InChI is InChI=1S/C24H19ClF3N5O2S2/c25-23-29-10-9-18(30-23)22-21(31-24(36-22)33-11-2-1-3-12-33)15-5-4-6-17(20(15)28)32-37(34,35)19-13-14(26)7-8-16(19)27/h4-10,13,32H,1-3,11-12H2. The summed E-state index contributed by atoms with van der Waals surface area (Å²) >= 11 is 7.32. The predicted molar refractivity (Wildman–Crippen MR) is 137 cm³/mol. The van der Waals surface area contributed by atoms with Crippen molar-refractivity contribution in [2.75, 3.05) is 22.7 Å². The van der Waals surface area contributed by atoms with Gasteiger partial charge in [-0.25, -0.2) is 36.5 Å². The molecular weight excluding hydrogens is 547 g/mol. The van der Waals surface area contributed by atoms with Crippen LogP contribution in [0, 0.1) is 17.5 Å². The molecule has 3 heterocycles. The van der Waals surface area contributed by atoms with Gasteiger partial charge in [-0.3, -0.25) is 4.72 Å². The molecule has 1 aliphatic heterocycles. The average Bonchev–Trinajstić information content (AvgIpc) is 3.32. The Morgan fingerprint density at radius 2 is 1.78 bits per heavy atom. The van der Waals surface area contributed by atoms with Crippen LogP contribution in [0.3, 0.4) is 0 Å². The molecule has 4 aromatic rings. The smallest absolute Gasteiger partial charge is 0.265 e. The van der Waals surface area contributed by atoms with E-state index in [1.807, 2.05) is 4.72 Å². The van der Waals surface area contributed by atoms with Gasteiger partial charge >= 0.3 is 0 Å². The van der Waals surface area contributed by atoms with E-state index in [0.717, 1.165) is 38.4 Å². The predicted octanol–water partition coefficient (Wildman–Crippen LogP) is 6.13. The second-order valence-electron chi connectivity index (χ2n) is 8.28. The molecule has 192 valence electrons. The maximum atomic E-state index is 15.8. The van der Waals surface area contributed by atoms with Gasteiger partial charge in [-0.05, 0) is 67.3 Å². The fourth-order valence-electron chi connectivity index (χ4n) is 4.02. The summed E-state index contributed by atoms with van der Waals surface area (Å²) in [6, 6.07) is 7.71. The van der Waals surface area contributed by atoms with E-state index in [9.17, 15) is 17.2 Å². The monoisotopic (exact) mass is 565 g/mol. The Hall–Kier alpha value is -3.22. The molecule has 0 aliphatic carbocycles. The van der Waals surface area contributed by atoms with Crippen molar-refractivity contribution in [2.45, 2.75) is 24.2 Å². The molecule has 0 saturated carbocycles.